The summed E-state index contributed by atoms with van der Waals surface area (Å²) in [5.74, 6) is -0.690. The monoisotopic (exact) mass is 364 g/mol. The topological polar surface area (TPSA) is 75.3 Å². The predicted molar refractivity (Wildman–Crippen MR) is 79.6 cm³/mol. The maximum absolute atomic E-state index is 12.4. The molecule has 10 heteroatoms. The van der Waals surface area contributed by atoms with Crippen molar-refractivity contribution in [1.82, 2.24) is 4.72 Å². The van der Waals surface area contributed by atoms with E-state index in [0.29, 0.717) is 0 Å². The van der Waals surface area contributed by atoms with Crippen LogP contribution < -0.4 is 10.0 Å². The zero-order valence-electron chi connectivity index (χ0n) is 11.4. The fourth-order valence-electron chi connectivity index (χ4n) is 1.60. The second kappa shape index (κ2) is 6.69. The highest BCUT2D eigenvalue weighted by atomic mass is 32.2. The Kier molecular flexibility index (Phi) is 5.07. The van der Waals surface area contributed by atoms with Crippen LogP contribution in [0.15, 0.2) is 46.0 Å². The van der Waals surface area contributed by atoms with Crippen LogP contribution in [0.4, 0.5) is 18.9 Å². The highest BCUT2D eigenvalue weighted by molar-refractivity contribution is 7.91. The Hall–Kier alpha value is -1.91. The van der Waals surface area contributed by atoms with E-state index in [0.717, 1.165) is 35.6 Å². The number of amides is 1. The molecule has 0 bridgehead atoms. The van der Waals surface area contributed by atoms with Crippen LogP contribution in [0.1, 0.15) is 5.56 Å². The molecule has 0 radical (unpaired) electrons. The molecule has 1 aromatic heterocycles. The standard InChI is InChI=1S/C13H11F3N2O3S2/c14-13(15,16)9-3-5-10(6-4-9)18-11(19)8-17-23(20,21)12-2-1-7-22-12/h1-7,17H,8H2,(H,18,19). The second-order valence-electron chi connectivity index (χ2n) is 4.38. The average molecular weight is 364 g/mol. The lowest BCUT2D eigenvalue weighted by Gasteiger charge is -2.09. The van der Waals surface area contributed by atoms with Gasteiger partial charge in [0, 0.05) is 5.69 Å². The smallest absolute Gasteiger partial charge is 0.325 e. The van der Waals surface area contributed by atoms with E-state index in [4.69, 9.17) is 0 Å². The molecule has 0 spiro atoms. The number of carbonyl (C=O) groups is 1. The van der Waals surface area contributed by atoms with Gasteiger partial charge in [0.25, 0.3) is 10.0 Å². The summed E-state index contributed by atoms with van der Waals surface area (Å²) in [6.07, 6.45) is -4.46. The molecule has 23 heavy (non-hydrogen) atoms. The van der Waals surface area contributed by atoms with Gasteiger partial charge in [-0.1, -0.05) is 6.07 Å². The molecule has 2 aromatic rings. The summed E-state index contributed by atoms with van der Waals surface area (Å²) in [4.78, 5) is 11.7. The molecule has 0 saturated carbocycles. The summed E-state index contributed by atoms with van der Waals surface area (Å²) in [6.45, 7) is -0.527. The number of benzene rings is 1. The Morgan fingerprint density at radius 1 is 1.13 bits per heavy atom. The molecule has 2 N–H and O–H groups in total. The Morgan fingerprint density at radius 3 is 2.30 bits per heavy atom. The zero-order valence-corrected chi connectivity index (χ0v) is 13.1. The first kappa shape index (κ1) is 17.4. The van der Waals surface area contributed by atoms with Gasteiger partial charge in [0.2, 0.25) is 5.91 Å². The average Bonchev–Trinajstić information content (AvgIpc) is 3.00. The number of sulfonamides is 1. The van der Waals surface area contributed by atoms with Crippen molar-refractivity contribution in [2.75, 3.05) is 11.9 Å². The quantitative estimate of drug-likeness (QED) is 0.857. The number of alkyl halides is 3. The van der Waals surface area contributed by atoms with Crippen LogP contribution in [-0.4, -0.2) is 20.9 Å². The molecule has 0 aliphatic rings. The van der Waals surface area contributed by atoms with Crippen molar-refractivity contribution in [1.29, 1.82) is 0 Å². The highest BCUT2D eigenvalue weighted by Gasteiger charge is 2.30. The SMILES string of the molecule is O=C(CNS(=O)(=O)c1cccs1)Nc1ccc(C(F)(F)F)cc1. The van der Waals surface area contributed by atoms with Gasteiger partial charge in [-0.3, -0.25) is 4.79 Å². The summed E-state index contributed by atoms with van der Waals surface area (Å²) in [5.41, 5.74) is -0.702. The summed E-state index contributed by atoms with van der Waals surface area (Å²) < 4.78 is 63.0. The van der Waals surface area contributed by atoms with E-state index in [-0.39, 0.29) is 9.90 Å². The number of nitrogens with one attached hydrogen (secondary N) is 2. The number of anilines is 1. The van der Waals surface area contributed by atoms with Crippen molar-refractivity contribution >= 4 is 33.0 Å². The molecule has 0 fully saturated rings. The molecule has 0 aliphatic heterocycles. The van der Waals surface area contributed by atoms with Crippen molar-refractivity contribution in [3.63, 3.8) is 0 Å². The van der Waals surface area contributed by atoms with Gasteiger partial charge in [0.05, 0.1) is 12.1 Å². The third-order valence-corrected chi connectivity index (χ3v) is 5.48. The Labute approximate surface area is 134 Å². The maximum atomic E-state index is 12.4. The molecule has 124 valence electrons. The number of rotatable bonds is 5. The highest BCUT2D eigenvalue weighted by Crippen LogP contribution is 2.29. The first-order chi connectivity index (χ1) is 10.7. The molecule has 0 unspecified atom stereocenters. The van der Waals surface area contributed by atoms with Crippen LogP contribution in [0.3, 0.4) is 0 Å². The lowest BCUT2D eigenvalue weighted by molar-refractivity contribution is -0.137. The van der Waals surface area contributed by atoms with Crippen LogP contribution in [-0.2, 0) is 21.0 Å². The lowest BCUT2D eigenvalue weighted by atomic mass is 10.2. The van der Waals surface area contributed by atoms with Gasteiger partial charge in [0.15, 0.2) is 0 Å². The molecule has 1 aromatic carbocycles. The van der Waals surface area contributed by atoms with Gasteiger partial charge in [0.1, 0.15) is 4.21 Å². The summed E-state index contributed by atoms with van der Waals surface area (Å²) in [6, 6.07) is 6.78. The van der Waals surface area contributed by atoms with Gasteiger partial charge >= 0.3 is 6.18 Å². The van der Waals surface area contributed by atoms with Gasteiger partial charge < -0.3 is 5.32 Å². The molecular weight excluding hydrogens is 353 g/mol. The second-order valence-corrected chi connectivity index (χ2v) is 7.32. The Bertz CT molecular complexity index is 770. The lowest BCUT2D eigenvalue weighted by Crippen LogP contribution is -2.32. The first-order valence-corrected chi connectivity index (χ1v) is 8.55. The Morgan fingerprint density at radius 2 is 1.78 bits per heavy atom. The molecule has 1 amide bonds. The normalized spacial score (nSPS) is 12.1. The van der Waals surface area contributed by atoms with Crippen molar-refractivity contribution < 1.29 is 26.4 Å². The summed E-state index contributed by atoms with van der Waals surface area (Å²) in [7, 11) is -3.77. The molecule has 0 atom stereocenters. The van der Waals surface area contributed by atoms with Crippen molar-refractivity contribution in [2.24, 2.45) is 0 Å². The predicted octanol–water partition coefficient (Wildman–Crippen LogP) is 2.68. The third kappa shape index (κ3) is 4.78. The zero-order chi connectivity index (χ0) is 17.1. The van der Waals surface area contributed by atoms with Crippen LogP contribution >= 0.6 is 11.3 Å². The van der Waals surface area contributed by atoms with E-state index in [1.54, 1.807) is 11.4 Å². The number of hydrogen-bond donors (Lipinski definition) is 2. The fraction of sp³-hybridized carbons (Fsp3) is 0.154. The van der Waals surface area contributed by atoms with E-state index >= 15 is 0 Å². The number of thiophene rings is 1. The minimum Gasteiger partial charge on any atom is -0.325 e. The van der Waals surface area contributed by atoms with Crippen molar-refractivity contribution in [3.05, 3.63) is 47.3 Å². The Balaban J connectivity index is 1.93. The van der Waals surface area contributed by atoms with Gasteiger partial charge in [-0.25, -0.2) is 13.1 Å². The van der Waals surface area contributed by atoms with E-state index < -0.39 is 34.2 Å². The van der Waals surface area contributed by atoms with Gasteiger partial charge in [-0.05, 0) is 35.7 Å². The largest absolute Gasteiger partial charge is 0.416 e. The van der Waals surface area contributed by atoms with E-state index in [2.05, 4.69) is 10.0 Å². The van der Waals surface area contributed by atoms with Gasteiger partial charge in [-0.15, -0.1) is 11.3 Å². The van der Waals surface area contributed by atoms with Crippen LogP contribution in [0.2, 0.25) is 0 Å². The molecule has 0 saturated heterocycles. The summed E-state index contributed by atoms with van der Waals surface area (Å²) >= 11 is 1.00. The molecule has 5 nitrogen and oxygen atoms in total. The summed E-state index contributed by atoms with van der Waals surface area (Å²) in [5, 5.41) is 3.89. The van der Waals surface area contributed by atoms with E-state index in [9.17, 15) is 26.4 Å². The van der Waals surface area contributed by atoms with E-state index in [1.807, 2.05) is 0 Å². The molecule has 2 rings (SSSR count). The minimum atomic E-state index is -4.46. The molecule has 1 heterocycles. The molecule has 0 aliphatic carbocycles. The van der Waals surface area contributed by atoms with Crippen molar-refractivity contribution in [3.8, 4) is 0 Å². The van der Waals surface area contributed by atoms with Crippen LogP contribution in [0.25, 0.3) is 0 Å². The van der Waals surface area contributed by atoms with E-state index in [1.165, 1.54) is 6.07 Å². The molecular formula is C13H11F3N2O3S2. The van der Waals surface area contributed by atoms with Crippen LogP contribution in [0, 0.1) is 0 Å². The third-order valence-electron chi connectivity index (χ3n) is 2.68. The minimum absolute atomic E-state index is 0.0693. The van der Waals surface area contributed by atoms with Crippen molar-refractivity contribution in [2.45, 2.75) is 10.4 Å². The van der Waals surface area contributed by atoms with Gasteiger partial charge in [-0.2, -0.15) is 13.2 Å². The first-order valence-electron chi connectivity index (χ1n) is 6.19. The maximum Gasteiger partial charge on any atom is 0.416 e. The number of halogens is 3. The van der Waals surface area contributed by atoms with Crippen LogP contribution in [0.5, 0.6) is 0 Å². The number of carbonyl (C=O) groups excluding carboxylic acids is 1. The fourth-order valence-corrected chi connectivity index (χ4v) is 3.62. The number of hydrogen-bond acceptors (Lipinski definition) is 4.